The number of carbonyl (C=O) groups is 1. The molecule has 3 aliphatic heterocycles. The molecule has 0 aromatic carbocycles. The van der Waals surface area contributed by atoms with Gasteiger partial charge in [-0.25, -0.2) is 9.78 Å². The number of anilines is 1. The molecule has 6 nitrogen and oxygen atoms in total. The van der Waals surface area contributed by atoms with E-state index in [1.54, 1.807) is 6.07 Å². The van der Waals surface area contributed by atoms with Gasteiger partial charge in [0.25, 0.3) is 0 Å². The van der Waals surface area contributed by atoms with Crippen LogP contribution in [-0.4, -0.2) is 49.0 Å². The van der Waals surface area contributed by atoms with Crippen molar-refractivity contribution in [3.63, 3.8) is 0 Å². The van der Waals surface area contributed by atoms with Gasteiger partial charge in [-0.1, -0.05) is 0 Å². The van der Waals surface area contributed by atoms with E-state index < -0.39 is 5.97 Å². The van der Waals surface area contributed by atoms with Gasteiger partial charge in [0.2, 0.25) is 0 Å². The van der Waals surface area contributed by atoms with Crippen LogP contribution in [0.5, 0.6) is 0 Å². The lowest BCUT2D eigenvalue weighted by molar-refractivity contribution is -0.127. The van der Waals surface area contributed by atoms with Crippen molar-refractivity contribution >= 4 is 11.8 Å². The van der Waals surface area contributed by atoms with E-state index in [0.717, 1.165) is 44.0 Å². The summed E-state index contributed by atoms with van der Waals surface area (Å²) in [6, 6.07) is 1.72. The minimum Gasteiger partial charge on any atom is -0.478 e. The molecule has 0 saturated carbocycles. The highest BCUT2D eigenvalue weighted by Crippen LogP contribution is 2.41. The number of hydrogen-bond donors (Lipinski definition) is 1. The summed E-state index contributed by atoms with van der Waals surface area (Å²) in [5, 5.41) is 9.40. The van der Waals surface area contributed by atoms with Crippen molar-refractivity contribution in [3.8, 4) is 0 Å². The Kier molecular flexibility index (Phi) is 2.52. The van der Waals surface area contributed by atoms with Gasteiger partial charge in [0, 0.05) is 25.1 Å². The quantitative estimate of drug-likeness (QED) is 0.857. The van der Waals surface area contributed by atoms with Gasteiger partial charge in [0.1, 0.15) is 11.4 Å². The molecule has 1 aromatic heterocycles. The summed E-state index contributed by atoms with van der Waals surface area (Å²) < 4.78 is 10.6. The van der Waals surface area contributed by atoms with Crippen LogP contribution in [0.4, 0.5) is 5.82 Å². The monoisotopic (exact) mass is 276 g/mol. The highest BCUT2D eigenvalue weighted by molar-refractivity contribution is 5.94. The molecule has 4 heterocycles. The molecule has 2 fully saturated rings. The predicted molar refractivity (Wildman–Crippen MR) is 70.0 cm³/mol. The molecule has 1 N–H and O–H groups in total. The number of aromatic nitrogens is 1. The topological polar surface area (TPSA) is 71.9 Å². The standard InChI is InChI=1S/C14H16N2O4/c17-13(18)10-3-9-4-19-2-1-11(9)15-12(10)16-5-14(6-16)7-20-8-14/h3H,1-2,4-8H2,(H,17,18). The maximum absolute atomic E-state index is 11.5. The number of carboxylic acid groups (broad SMARTS) is 1. The number of rotatable bonds is 2. The summed E-state index contributed by atoms with van der Waals surface area (Å²) in [6.45, 7) is 4.37. The molecule has 2 saturated heterocycles. The van der Waals surface area contributed by atoms with Crippen molar-refractivity contribution in [1.29, 1.82) is 0 Å². The van der Waals surface area contributed by atoms with Crippen molar-refractivity contribution in [1.82, 2.24) is 4.98 Å². The van der Waals surface area contributed by atoms with Crippen molar-refractivity contribution in [3.05, 3.63) is 22.9 Å². The summed E-state index contributed by atoms with van der Waals surface area (Å²) >= 11 is 0. The van der Waals surface area contributed by atoms with Gasteiger partial charge < -0.3 is 19.5 Å². The van der Waals surface area contributed by atoms with Crippen molar-refractivity contribution < 1.29 is 19.4 Å². The normalized spacial score (nSPS) is 22.9. The third-order valence-corrected chi connectivity index (χ3v) is 4.31. The first kappa shape index (κ1) is 12.1. The van der Waals surface area contributed by atoms with Crippen molar-refractivity contribution in [2.75, 3.05) is 37.8 Å². The summed E-state index contributed by atoms with van der Waals surface area (Å²) in [7, 11) is 0. The minimum absolute atomic E-state index is 0.246. The zero-order valence-electron chi connectivity index (χ0n) is 11.1. The van der Waals surface area contributed by atoms with Gasteiger partial charge in [-0.2, -0.15) is 0 Å². The van der Waals surface area contributed by atoms with Crippen molar-refractivity contribution in [2.45, 2.75) is 13.0 Å². The number of hydrogen-bond acceptors (Lipinski definition) is 5. The molecule has 1 spiro atoms. The van der Waals surface area contributed by atoms with Gasteiger partial charge >= 0.3 is 5.97 Å². The third-order valence-electron chi connectivity index (χ3n) is 4.31. The fourth-order valence-corrected chi connectivity index (χ4v) is 3.16. The number of pyridine rings is 1. The van der Waals surface area contributed by atoms with E-state index in [0.29, 0.717) is 19.0 Å². The molecule has 6 heteroatoms. The zero-order chi connectivity index (χ0) is 13.7. The lowest BCUT2D eigenvalue weighted by atomic mass is 9.78. The Morgan fingerprint density at radius 2 is 2.15 bits per heavy atom. The smallest absolute Gasteiger partial charge is 0.339 e. The summed E-state index contributed by atoms with van der Waals surface area (Å²) in [6.07, 6.45) is 0.754. The molecule has 0 bridgehead atoms. The van der Waals surface area contributed by atoms with Crippen LogP contribution in [0.25, 0.3) is 0 Å². The van der Waals surface area contributed by atoms with Crippen LogP contribution < -0.4 is 4.90 Å². The molecule has 1 aromatic rings. The fourth-order valence-electron chi connectivity index (χ4n) is 3.16. The average molecular weight is 276 g/mol. The first-order valence-electron chi connectivity index (χ1n) is 6.83. The molecule has 106 valence electrons. The fraction of sp³-hybridized carbons (Fsp3) is 0.571. The van der Waals surface area contributed by atoms with E-state index in [2.05, 4.69) is 9.88 Å². The Labute approximate surface area is 116 Å². The SMILES string of the molecule is O=C(O)c1cc2c(nc1N1CC3(COC3)C1)CCOC2. The summed E-state index contributed by atoms with van der Waals surface area (Å²) in [5.41, 5.74) is 2.40. The Morgan fingerprint density at radius 1 is 1.35 bits per heavy atom. The van der Waals surface area contributed by atoms with Gasteiger partial charge in [0.05, 0.1) is 37.5 Å². The third kappa shape index (κ3) is 1.72. The summed E-state index contributed by atoms with van der Waals surface area (Å²) in [5.74, 6) is -0.317. The molecular formula is C14H16N2O4. The predicted octanol–water partition coefficient (Wildman–Crippen LogP) is 0.689. The van der Waals surface area contributed by atoms with E-state index in [1.807, 2.05) is 0 Å². The highest BCUT2D eigenvalue weighted by Gasteiger charge is 2.50. The van der Waals surface area contributed by atoms with Gasteiger partial charge in [-0.15, -0.1) is 0 Å². The molecule has 0 radical (unpaired) electrons. The second kappa shape index (κ2) is 4.17. The van der Waals surface area contributed by atoms with Crippen LogP contribution in [0.3, 0.4) is 0 Å². The number of carboxylic acids is 1. The largest absolute Gasteiger partial charge is 0.478 e. The van der Waals surface area contributed by atoms with Crippen LogP contribution in [0.1, 0.15) is 21.6 Å². The van der Waals surface area contributed by atoms with E-state index >= 15 is 0 Å². The molecule has 4 rings (SSSR count). The molecule has 20 heavy (non-hydrogen) atoms. The van der Waals surface area contributed by atoms with Crippen LogP contribution in [0.15, 0.2) is 6.07 Å². The van der Waals surface area contributed by atoms with Gasteiger partial charge in [0.15, 0.2) is 0 Å². The first-order valence-corrected chi connectivity index (χ1v) is 6.83. The minimum atomic E-state index is -0.924. The Balaban J connectivity index is 1.68. The maximum atomic E-state index is 11.5. The van der Waals surface area contributed by atoms with Crippen molar-refractivity contribution in [2.24, 2.45) is 5.41 Å². The Bertz CT molecular complexity index is 575. The molecule has 0 aliphatic carbocycles. The van der Waals surface area contributed by atoms with Crippen LogP contribution in [0.2, 0.25) is 0 Å². The molecule has 0 unspecified atom stereocenters. The molecule has 0 atom stereocenters. The van der Waals surface area contributed by atoms with Crippen LogP contribution in [0, 0.1) is 5.41 Å². The lowest BCUT2D eigenvalue weighted by Gasteiger charge is -2.55. The van der Waals surface area contributed by atoms with E-state index in [1.165, 1.54) is 0 Å². The summed E-state index contributed by atoms with van der Waals surface area (Å²) in [4.78, 5) is 18.1. The highest BCUT2D eigenvalue weighted by atomic mass is 16.5. The molecule has 3 aliphatic rings. The van der Waals surface area contributed by atoms with Gasteiger partial charge in [-0.3, -0.25) is 0 Å². The van der Waals surface area contributed by atoms with Crippen LogP contribution in [-0.2, 0) is 22.5 Å². The number of nitrogens with zero attached hydrogens (tertiary/aromatic N) is 2. The maximum Gasteiger partial charge on any atom is 0.339 e. The first-order chi connectivity index (χ1) is 9.67. The van der Waals surface area contributed by atoms with Gasteiger partial charge in [-0.05, 0) is 6.07 Å². The Hall–Kier alpha value is -1.66. The van der Waals surface area contributed by atoms with E-state index in [-0.39, 0.29) is 11.0 Å². The number of fused-ring (bicyclic) bond motifs is 1. The molecule has 0 amide bonds. The van der Waals surface area contributed by atoms with Crippen LogP contribution >= 0.6 is 0 Å². The second-order valence-electron chi connectivity index (χ2n) is 5.92. The molecular weight excluding hydrogens is 260 g/mol. The second-order valence-corrected chi connectivity index (χ2v) is 5.92. The Morgan fingerprint density at radius 3 is 2.80 bits per heavy atom. The zero-order valence-corrected chi connectivity index (χ0v) is 11.1. The van der Waals surface area contributed by atoms with E-state index in [9.17, 15) is 9.90 Å². The number of aromatic carboxylic acids is 1. The lowest BCUT2D eigenvalue weighted by Crippen LogP contribution is -2.66. The number of ether oxygens (including phenoxy) is 2. The van der Waals surface area contributed by atoms with E-state index in [4.69, 9.17) is 9.47 Å². The average Bonchev–Trinajstić information content (AvgIpc) is 2.34.